The number of rotatable bonds is 3. The van der Waals surface area contributed by atoms with Crippen LogP contribution in [0, 0.1) is 11.3 Å². The summed E-state index contributed by atoms with van der Waals surface area (Å²) in [6, 6.07) is 14.2. The average Bonchev–Trinajstić information content (AvgIpc) is 3.16. The molecule has 3 aromatic rings. The van der Waals surface area contributed by atoms with Gasteiger partial charge in [-0.05, 0) is 61.4 Å². The lowest BCUT2D eigenvalue weighted by atomic mass is 9.91. The summed E-state index contributed by atoms with van der Waals surface area (Å²) < 4.78 is 45.5. The molecule has 0 unspecified atom stereocenters. The highest BCUT2D eigenvalue weighted by Gasteiger charge is 2.47. The van der Waals surface area contributed by atoms with Crippen LogP contribution < -0.4 is 9.80 Å². The van der Waals surface area contributed by atoms with Gasteiger partial charge in [0.05, 0.1) is 23.9 Å². The van der Waals surface area contributed by atoms with E-state index in [9.17, 15) is 18.0 Å². The molecule has 2 saturated heterocycles. The minimum atomic E-state index is -4.39. The van der Waals surface area contributed by atoms with Crippen molar-refractivity contribution in [1.29, 1.82) is 5.26 Å². The monoisotopic (exact) mass is 532 g/mol. The smallest absolute Gasteiger partial charge is 0.415 e. The molecule has 6 rings (SSSR count). The molecule has 1 spiro atoms. The highest BCUT2D eigenvalue weighted by Crippen LogP contribution is 2.37. The number of hydrogen-bond donors (Lipinski definition) is 0. The molecule has 1 aromatic carbocycles. The lowest BCUT2D eigenvalue weighted by Gasteiger charge is -2.38. The summed E-state index contributed by atoms with van der Waals surface area (Å²) in [5.41, 5.74) is 1.48. The molecule has 39 heavy (non-hydrogen) atoms. The number of benzene rings is 1. The number of aromatic nitrogens is 3. The van der Waals surface area contributed by atoms with Crippen LogP contribution in [0.25, 0.3) is 17.5 Å². The molecule has 0 atom stereocenters. The number of halogens is 3. The van der Waals surface area contributed by atoms with Gasteiger partial charge < -0.3 is 9.64 Å². The van der Waals surface area contributed by atoms with E-state index in [2.05, 4.69) is 25.9 Å². The lowest BCUT2D eigenvalue weighted by Crippen LogP contribution is -2.47. The van der Waals surface area contributed by atoms with E-state index in [4.69, 9.17) is 10.00 Å². The van der Waals surface area contributed by atoms with Crippen molar-refractivity contribution in [3.05, 3.63) is 71.2 Å². The molecule has 0 radical (unpaired) electrons. The Labute approximate surface area is 222 Å². The number of allylic oxidation sites excluding steroid dienone is 1. The Bertz CT molecular complexity index is 1490. The van der Waals surface area contributed by atoms with Crippen LogP contribution in [0.2, 0.25) is 0 Å². The van der Waals surface area contributed by atoms with E-state index in [1.165, 1.54) is 0 Å². The van der Waals surface area contributed by atoms with Gasteiger partial charge >= 0.3 is 12.3 Å². The largest absolute Gasteiger partial charge is 0.440 e. The SMILES string of the molecule is N#Cc1ccc(N2CC3(CCN(c4ccc(-c5nc6cc(n5)CCC(C(F)(F)F)=C6)cn4)CC3)OC2=O)cc1. The second-order valence-corrected chi connectivity index (χ2v) is 9.96. The zero-order valence-electron chi connectivity index (χ0n) is 20.8. The summed E-state index contributed by atoms with van der Waals surface area (Å²) in [5.74, 6) is 1.10. The summed E-state index contributed by atoms with van der Waals surface area (Å²) >= 11 is 0. The quantitative estimate of drug-likeness (QED) is 0.452. The minimum Gasteiger partial charge on any atom is -0.440 e. The molecule has 2 fully saturated rings. The van der Waals surface area contributed by atoms with E-state index in [0.29, 0.717) is 60.8 Å². The fraction of sp³-hybridized carbons (Fsp3) is 0.321. The van der Waals surface area contributed by atoms with Gasteiger partial charge in [-0.2, -0.15) is 18.4 Å². The van der Waals surface area contributed by atoms with E-state index in [-0.39, 0.29) is 18.5 Å². The van der Waals surface area contributed by atoms with E-state index >= 15 is 0 Å². The maximum absolute atomic E-state index is 13.2. The molecule has 1 aliphatic carbocycles. The number of nitrogens with zero attached hydrogens (tertiary/aromatic N) is 6. The van der Waals surface area contributed by atoms with Gasteiger partial charge in [-0.3, -0.25) is 4.90 Å². The van der Waals surface area contributed by atoms with Gasteiger partial charge in [0, 0.05) is 54.6 Å². The molecule has 8 nitrogen and oxygen atoms in total. The number of aryl methyl sites for hydroxylation is 1. The minimum absolute atomic E-state index is 0.126. The summed E-state index contributed by atoms with van der Waals surface area (Å²) in [6.07, 6.45) is -0.708. The van der Waals surface area contributed by atoms with Crippen molar-refractivity contribution in [3.63, 3.8) is 0 Å². The Morgan fingerprint density at radius 2 is 1.79 bits per heavy atom. The van der Waals surface area contributed by atoms with Gasteiger partial charge in [0.2, 0.25) is 0 Å². The molecule has 3 aliphatic rings. The van der Waals surface area contributed by atoms with Crippen molar-refractivity contribution >= 4 is 23.7 Å². The molecule has 2 aliphatic heterocycles. The highest BCUT2D eigenvalue weighted by atomic mass is 19.4. The number of hydrogen-bond acceptors (Lipinski definition) is 7. The van der Waals surface area contributed by atoms with Crippen LogP contribution in [-0.2, 0) is 11.2 Å². The van der Waals surface area contributed by atoms with Gasteiger partial charge in [0.25, 0.3) is 0 Å². The van der Waals surface area contributed by atoms with Crippen molar-refractivity contribution in [1.82, 2.24) is 15.0 Å². The number of anilines is 2. The zero-order chi connectivity index (χ0) is 27.2. The van der Waals surface area contributed by atoms with Gasteiger partial charge in [-0.25, -0.2) is 19.7 Å². The third kappa shape index (κ3) is 4.90. The standard InChI is InChI=1S/C28H23F3N6O2/c29-28(30,31)20-4-5-21-14-22(13-20)35-25(34-21)19-3-8-24(33-16-19)36-11-9-27(10-12-36)17-37(26(38)39-27)23-6-1-18(15-32)2-7-23/h1-3,6-8,13-14,16H,4-5,9-12,17H2. The number of carbonyl (C=O) groups excluding carboxylic acids is 1. The number of alkyl halides is 3. The summed E-state index contributed by atoms with van der Waals surface area (Å²) in [7, 11) is 0. The van der Waals surface area contributed by atoms with Gasteiger partial charge in [-0.15, -0.1) is 0 Å². The summed E-state index contributed by atoms with van der Waals surface area (Å²) in [6.45, 7) is 1.72. The van der Waals surface area contributed by atoms with Gasteiger partial charge in [-0.1, -0.05) is 0 Å². The first-order valence-corrected chi connectivity index (χ1v) is 12.6. The van der Waals surface area contributed by atoms with Crippen LogP contribution in [0.15, 0.2) is 54.2 Å². The molecule has 11 heteroatoms. The molecule has 4 heterocycles. The Morgan fingerprint density at radius 1 is 1.03 bits per heavy atom. The van der Waals surface area contributed by atoms with Crippen molar-refractivity contribution in [3.8, 4) is 17.5 Å². The predicted octanol–water partition coefficient (Wildman–Crippen LogP) is 5.30. The number of fused-ring (bicyclic) bond motifs is 2. The van der Waals surface area contributed by atoms with E-state index in [1.807, 2.05) is 12.1 Å². The van der Waals surface area contributed by atoms with Crippen molar-refractivity contribution in [2.45, 2.75) is 37.5 Å². The Hall–Kier alpha value is -4.46. The van der Waals surface area contributed by atoms with E-state index in [0.717, 1.165) is 11.9 Å². The maximum Gasteiger partial charge on any atom is 0.415 e. The third-order valence-corrected chi connectivity index (χ3v) is 7.42. The molecular formula is C28H23F3N6O2. The molecule has 0 saturated carbocycles. The molecular weight excluding hydrogens is 509 g/mol. The third-order valence-electron chi connectivity index (χ3n) is 7.42. The molecule has 1 amide bonds. The van der Waals surface area contributed by atoms with Crippen LogP contribution in [0.5, 0.6) is 0 Å². The lowest BCUT2D eigenvalue weighted by molar-refractivity contribution is -0.0929. The highest BCUT2D eigenvalue weighted by molar-refractivity contribution is 5.90. The molecule has 2 bridgehead atoms. The van der Waals surface area contributed by atoms with Crippen LogP contribution >= 0.6 is 0 Å². The predicted molar refractivity (Wildman–Crippen MR) is 137 cm³/mol. The normalized spacial score (nSPS) is 18.4. The topological polar surface area (TPSA) is 95.2 Å². The number of ether oxygens (including phenoxy) is 1. The fourth-order valence-corrected chi connectivity index (χ4v) is 5.23. The number of amides is 1. The first-order valence-electron chi connectivity index (χ1n) is 12.6. The zero-order valence-corrected chi connectivity index (χ0v) is 20.8. The van der Waals surface area contributed by atoms with Crippen molar-refractivity contribution in [2.75, 3.05) is 29.4 Å². The Balaban J connectivity index is 1.13. The maximum atomic E-state index is 13.2. The summed E-state index contributed by atoms with van der Waals surface area (Å²) in [5, 5.41) is 9.01. The average molecular weight is 533 g/mol. The molecule has 198 valence electrons. The first kappa shape index (κ1) is 24.9. The van der Waals surface area contributed by atoms with Gasteiger partial charge in [0.15, 0.2) is 5.82 Å². The van der Waals surface area contributed by atoms with Crippen molar-refractivity contribution in [2.24, 2.45) is 0 Å². The molecule has 0 N–H and O–H groups in total. The second-order valence-electron chi connectivity index (χ2n) is 9.96. The van der Waals surface area contributed by atoms with Crippen molar-refractivity contribution < 1.29 is 22.7 Å². The fourth-order valence-electron chi connectivity index (χ4n) is 5.23. The van der Waals surface area contributed by atoms with Crippen LogP contribution in [0.3, 0.4) is 0 Å². The number of nitriles is 1. The second kappa shape index (κ2) is 9.38. The summed E-state index contributed by atoms with van der Waals surface area (Å²) in [4.78, 5) is 29.7. The van der Waals surface area contributed by atoms with E-state index < -0.39 is 23.4 Å². The van der Waals surface area contributed by atoms with Crippen LogP contribution in [0.4, 0.5) is 29.5 Å². The Kier molecular flexibility index (Phi) is 5.98. The molecule has 2 aromatic heterocycles. The van der Waals surface area contributed by atoms with Gasteiger partial charge in [0.1, 0.15) is 11.4 Å². The number of piperidine rings is 1. The van der Waals surface area contributed by atoms with E-state index in [1.54, 1.807) is 41.4 Å². The van der Waals surface area contributed by atoms with Crippen LogP contribution in [0.1, 0.15) is 36.2 Å². The number of pyridine rings is 1. The number of carbonyl (C=O) groups is 1. The Morgan fingerprint density at radius 3 is 2.46 bits per heavy atom. The first-order chi connectivity index (χ1) is 18.7. The van der Waals surface area contributed by atoms with Crippen LogP contribution in [-0.4, -0.2) is 52.5 Å².